The van der Waals surface area contributed by atoms with Crippen LogP contribution in [-0.4, -0.2) is 15.6 Å². The second kappa shape index (κ2) is 4.69. The molecule has 18 heavy (non-hydrogen) atoms. The number of carbonyl (C=O) groups is 1. The third-order valence-corrected chi connectivity index (χ3v) is 3.37. The Labute approximate surface area is 106 Å². The molecule has 2 aromatic rings. The van der Waals surface area contributed by atoms with Crippen LogP contribution in [0.1, 0.15) is 23.7 Å². The first-order valence-electron chi connectivity index (χ1n) is 6.04. The minimum atomic E-state index is -0.921. The van der Waals surface area contributed by atoms with Gasteiger partial charge in [-0.1, -0.05) is 25.1 Å². The van der Waals surface area contributed by atoms with Crippen LogP contribution in [0.4, 0.5) is 0 Å². The standard InChI is InChI=1S/C15H17NO2/c1-4-11-6-5-7-12-10(2)13(8-9-14(17)18)16(3)15(11)12/h5-9H,4H2,1-3H3,(H,17,18)/b9-8+. The Morgan fingerprint density at radius 2 is 2.17 bits per heavy atom. The van der Waals surface area contributed by atoms with Gasteiger partial charge in [-0.2, -0.15) is 0 Å². The molecule has 1 aromatic carbocycles. The van der Waals surface area contributed by atoms with Gasteiger partial charge in [0.2, 0.25) is 0 Å². The zero-order valence-electron chi connectivity index (χ0n) is 10.9. The van der Waals surface area contributed by atoms with E-state index in [1.807, 2.05) is 14.0 Å². The number of rotatable bonds is 3. The maximum absolute atomic E-state index is 10.6. The molecule has 3 nitrogen and oxygen atoms in total. The van der Waals surface area contributed by atoms with Gasteiger partial charge in [0.25, 0.3) is 0 Å². The van der Waals surface area contributed by atoms with E-state index in [4.69, 9.17) is 5.11 Å². The summed E-state index contributed by atoms with van der Waals surface area (Å²) in [5.74, 6) is -0.921. The average molecular weight is 243 g/mol. The van der Waals surface area contributed by atoms with Crippen molar-refractivity contribution < 1.29 is 9.90 Å². The highest BCUT2D eigenvalue weighted by Gasteiger charge is 2.11. The first kappa shape index (κ1) is 12.4. The van der Waals surface area contributed by atoms with Crippen molar-refractivity contribution in [3.63, 3.8) is 0 Å². The van der Waals surface area contributed by atoms with Crippen molar-refractivity contribution in [1.29, 1.82) is 0 Å². The van der Waals surface area contributed by atoms with Crippen molar-refractivity contribution in [1.82, 2.24) is 4.57 Å². The monoisotopic (exact) mass is 243 g/mol. The lowest BCUT2D eigenvalue weighted by Crippen LogP contribution is -1.95. The maximum Gasteiger partial charge on any atom is 0.328 e. The third-order valence-electron chi connectivity index (χ3n) is 3.37. The van der Waals surface area contributed by atoms with Crippen LogP contribution in [0.15, 0.2) is 24.3 Å². The van der Waals surface area contributed by atoms with Crippen molar-refractivity contribution >= 4 is 22.9 Å². The van der Waals surface area contributed by atoms with Crippen LogP contribution in [0.2, 0.25) is 0 Å². The average Bonchev–Trinajstić information content (AvgIpc) is 2.60. The summed E-state index contributed by atoms with van der Waals surface area (Å²) >= 11 is 0. The number of nitrogens with zero attached hydrogens (tertiary/aromatic N) is 1. The molecule has 1 N–H and O–H groups in total. The molecular formula is C15H17NO2. The first-order valence-corrected chi connectivity index (χ1v) is 6.04. The van der Waals surface area contributed by atoms with E-state index in [2.05, 4.69) is 29.7 Å². The first-order chi connectivity index (χ1) is 8.56. The fraction of sp³-hybridized carbons (Fsp3) is 0.267. The van der Waals surface area contributed by atoms with Crippen molar-refractivity contribution in [2.24, 2.45) is 7.05 Å². The lowest BCUT2D eigenvalue weighted by Gasteiger charge is -2.04. The van der Waals surface area contributed by atoms with E-state index in [0.717, 1.165) is 17.7 Å². The fourth-order valence-corrected chi connectivity index (χ4v) is 2.47. The summed E-state index contributed by atoms with van der Waals surface area (Å²) in [6.07, 6.45) is 3.82. The molecule has 0 aliphatic carbocycles. The summed E-state index contributed by atoms with van der Waals surface area (Å²) in [4.78, 5) is 10.6. The predicted molar refractivity (Wildman–Crippen MR) is 73.7 cm³/mol. The van der Waals surface area contributed by atoms with Gasteiger partial charge in [-0.25, -0.2) is 4.79 Å². The van der Waals surface area contributed by atoms with Crippen molar-refractivity contribution in [3.8, 4) is 0 Å². The molecular weight excluding hydrogens is 226 g/mol. The second-order valence-electron chi connectivity index (χ2n) is 4.41. The van der Waals surface area contributed by atoms with E-state index >= 15 is 0 Å². The molecule has 0 atom stereocenters. The van der Waals surface area contributed by atoms with E-state index < -0.39 is 5.97 Å². The highest BCUT2D eigenvalue weighted by Crippen LogP contribution is 2.28. The lowest BCUT2D eigenvalue weighted by atomic mass is 10.1. The molecule has 0 amide bonds. The molecule has 0 fully saturated rings. The number of para-hydroxylation sites is 1. The van der Waals surface area contributed by atoms with Crippen LogP contribution in [0.25, 0.3) is 17.0 Å². The molecule has 0 spiro atoms. The van der Waals surface area contributed by atoms with E-state index in [-0.39, 0.29) is 0 Å². The van der Waals surface area contributed by atoms with E-state index in [0.29, 0.717) is 0 Å². The zero-order valence-corrected chi connectivity index (χ0v) is 10.9. The summed E-state index contributed by atoms with van der Waals surface area (Å²) in [5.41, 5.74) is 4.56. The van der Waals surface area contributed by atoms with Crippen molar-refractivity contribution in [2.75, 3.05) is 0 Å². The van der Waals surface area contributed by atoms with Gasteiger partial charge in [-0.05, 0) is 30.5 Å². The van der Waals surface area contributed by atoms with Crippen molar-refractivity contribution in [2.45, 2.75) is 20.3 Å². The number of fused-ring (bicyclic) bond motifs is 1. The number of aliphatic carboxylic acids is 1. The maximum atomic E-state index is 10.6. The Balaban J connectivity index is 2.73. The Morgan fingerprint density at radius 3 is 2.78 bits per heavy atom. The normalized spacial score (nSPS) is 11.5. The van der Waals surface area contributed by atoms with Crippen LogP contribution in [-0.2, 0) is 18.3 Å². The molecule has 0 saturated carbocycles. The van der Waals surface area contributed by atoms with Gasteiger partial charge < -0.3 is 9.67 Å². The largest absolute Gasteiger partial charge is 0.478 e. The number of carboxylic acids is 1. The predicted octanol–water partition coefficient (Wildman–Crippen LogP) is 3.15. The second-order valence-corrected chi connectivity index (χ2v) is 4.41. The Morgan fingerprint density at radius 1 is 1.44 bits per heavy atom. The number of hydrogen-bond acceptors (Lipinski definition) is 1. The van der Waals surface area contributed by atoms with E-state index in [9.17, 15) is 4.79 Å². The number of hydrogen-bond donors (Lipinski definition) is 1. The molecule has 1 heterocycles. The summed E-state index contributed by atoms with van der Waals surface area (Å²) in [7, 11) is 1.98. The van der Waals surface area contributed by atoms with Gasteiger partial charge in [0, 0.05) is 24.2 Å². The molecule has 0 radical (unpaired) electrons. The Hall–Kier alpha value is -2.03. The van der Waals surface area contributed by atoms with Crippen LogP contribution in [0.5, 0.6) is 0 Å². The van der Waals surface area contributed by atoms with E-state index in [1.54, 1.807) is 6.08 Å². The number of carboxylic acid groups (broad SMARTS) is 1. The number of benzene rings is 1. The number of aromatic nitrogens is 1. The summed E-state index contributed by atoms with van der Waals surface area (Å²) in [5, 5.41) is 9.93. The molecule has 0 unspecified atom stereocenters. The molecule has 0 bridgehead atoms. The van der Waals surface area contributed by atoms with Gasteiger partial charge in [0.15, 0.2) is 0 Å². The quantitative estimate of drug-likeness (QED) is 0.841. The molecule has 0 saturated heterocycles. The molecule has 3 heteroatoms. The molecule has 1 aromatic heterocycles. The Kier molecular flexibility index (Phi) is 3.24. The van der Waals surface area contributed by atoms with Crippen LogP contribution in [0, 0.1) is 6.92 Å². The van der Waals surface area contributed by atoms with Gasteiger partial charge in [-0.15, -0.1) is 0 Å². The fourth-order valence-electron chi connectivity index (χ4n) is 2.47. The van der Waals surface area contributed by atoms with Gasteiger partial charge in [0.1, 0.15) is 0 Å². The SMILES string of the molecule is CCc1cccc2c(C)c(/C=C/C(=O)O)n(C)c12. The van der Waals surface area contributed by atoms with E-state index in [1.165, 1.54) is 22.5 Å². The van der Waals surface area contributed by atoms with Gasteiger partial charge >= 0.3 is 5.97 Å². The van der Waals surface area contributed by atoms with Crippen LogP contribution >= 0.6 is 0 Å². The topological polar surface area (TPSA) is 42.2 Å². The molecule has 2 rings (SSSR count). The molecule has 0 aliphatic rings. The summed E-state index contributed by atoms with van der Waals surface area (Å²) in [6, 6.07) is 6.26. The highest BCUT2D eigenvalue weighted by atomic mass is 16.4. The smallest absolute Gasteiger partial charge is 0.328 e. The zero-order chi connectivity index (χ0) is 13.3. The van der Waals surface area contributed by atoms with Crippen molar-refractivity contribution in [3.05, 3.63) is 41.1 Å². The van der Waals surface area contributed by atoms with Crippen LogP contribution in [0.3, 0.4) is 0 Å². The van der Waals surface area contributed by atoms with Crippen LogP contribution < -0.4 is 0 Å². The Bertz CT molecular complexity index is 635. The van der Waals surface area contributed by atoms with Gasteiger partial charge in [0.05, 0.1) is 5.52 Å². The molecule has 0 aliphatic heterocycles. The van der Waals surface area contributed by atoms with Gasteiger partial charge in [-0.3, -0.25) is 0 Å². The molecule has 94 valence electrons. The number of aryl methyl sites for hydroxylation is 3. The third kappa shape index (κ3) is 1.92. The highest BCUT2D eigenvalue weighted by molar-refractivity contribution is 5.92. The minimum Gasteiger partial charge on any atom is -0.478 e. The minimum absolute atomic E-state index is 0.921. The summed E-state index contributed by atoms with van der Waals surface area (Å²) in [6.45, 7) is 4.16. The lowest BCUT2D eigenvalue weighted by molar-refractivity contribution is -0.131. The summed E-state index contributed by atoms with van der Waals surface area (Å²) < 4.78 is 2.07.